The predicted molar refractivity (Wildman–Crippen MR) is 165 cm³/mol. The molecule has 3 N–H and O–H groups in total. The van der Waals surface area contributed by atoms with Gasteiger partial charge in [0.2, 0.25) is 11.8 Å². The molecule has 0 bridgehead atoms. The number of carbonyl (C=O) groups is 3. The lowest BCUT2D eigenvalue weighted by Crippen LogP contribution is -2.32. The van der Waals surface area contributed by atoms with Crippen molar-refractivity contribution in [3.05, 3.63) is 76.9 Å². The Morgan fingerprint density at radius 2 is 1.52 bits per heavy atom. The third-order valence-electron chi connectivity index (χ3n) is 10.8. The van der Waals surface area contributed by atoms with Crippen LogP contribution in [0.1, 0.15) is 87.4 Å². The van der Waals surface area contributed by atoms with E-state index in [4.69, 9.17) is 4.74 Å². The van der Waals surface area contributed by atoms with Gasteiger partial charge in [-0.05, 0) is 71.4 Å². The zero-order valence-electron chi connectivity index (χ0n) is 25.9. The van der Waals surface area contributed by atoms with E-state index >= 15 is 0 Å². The lowest BCUT2D eigenvalue weighted by Gasteiger charge is -2.34. The molecule has 1 aliphatic carbocycles. The van der Waals surface area contributed by atoms with Gasteiger partial charge in [0, 0.05) is 29.2 Å². The number of imide groups is 1. The summed E-state index contributed by atoms with van der Waals surface area (Å²) in [7, 11) is 0. The fourth-order valence-electron chi connectivity index (χ4n) is 7.21. The Balaban J connectivity index is 1.51. The Kier molecular flexibility index (Phi) is 6.83. The molecule has 3 aromatic rings. The maximum Gasteiger partial charge on any atom is 0.335 e. The molecule has 0 aromatic heterocycles. The van der Waals surface area contributed by atoms with Crippen LogP contribution in [-0.4, -0.2) is 33.1 Å². The molecule has 4 atom stereocenters. The van der Waals surface area contributed by atoms with Gasteiger partial charge >= 0.3 is 5.97 Å². The van der Waals surface area contributed by atoms with Crippen molar-refractivity contribution in [2.75, 3.05) is 4.90 Å². The van der Waals surface area contributed by atoms with Crippen LogP contribution >= 0.6 is 0 Å². The van der Waals surface area contributed by atoms with E-state index in [2.05, 4.69) is 41.5 Å². The van der Waals surface area contributed by atoms with Crippen molar-refractivity contribution in [2.24, 2.45) is 34.5 Å². The van der Waals surface area contributed by atoms with Crippen LogP contribution in [0.3, 0.4) is 0 Å². The number of fused-ring (bicyclic) bond motifs is 2. The molecule has 3 aromatic carbocycles. The summed E-state index contributed by atoms with van der Waals surface area (Å²) in [6.45, 7) is 12.8. The summed E-state index contributed by atoms with van der Waals surface area (Å²) in [6, 6.07) is 13.9. The van der Waals surface area contributed by atoms with Gasteiger partial charge in [-0.1, -0.05) is 53.7 Å². The summed E-state index contributed by atoms with van der Waals surface area (Å²) in [5, 5.41) is 30.7. The summed E-state index contributed by atoms with van der Waals surface area (Å²) in [5.41, 5.74) is 1.47. The number of hydrogen-bond acceptors (Lipinski definition) is 6. The van der Waals surface area contributed by atoms with E-state index in [0.29, 0.717) is 52.1 Å². The third kappa shape index (κ3) is 4.62. The molecule has 0 radical (unpaired) electrons. The van der Waals surface area contributed by atoms with Crippen molar-refractivity contribution in [3.8, 4) is 23.0 Å². The molecule has 1 saturated heterocycles. The number of carbonyl (C=O) groups excluding carboxylic acids is 2. The maximum atomic E-state index is 14.3. The van der Waals surface area contributed by atoms with Gasteiger partial charge in [0.25, 0.3) is 0 Å². The van der Waals surface area contributed by atoms with Crippen molar-refractivity contribution in [2.45, 2.75) is 60.3 Å². The molecule has 230 valence electrons. The monoisotopic (exact) mass is 597 g/mol. The molecule has 6 rings (SSSR count). The van der Waals surface area contributed by atoms with Crippen LogP contribution in [0.5, 0.6) is 23.0 Å². The van der Waals surface area contributed by atoms with Crippen LogP contribution in [0.15, 0.2) is 54.6 Å². The Labute approximate surface area is 257 Å². The number of phenols is 2. The van der Waals surface area contributed by atoms with Gasteiger partial charge in [-0.2, -0.15) is 0 Å². The number of carboxylic acid groups (broad SMARTS) is 1. The lowest BCUT2D eigenvalue weighted by molar-refractivity contribution is -0.123. The van der Waals surface area contributed by atoms with E-state index in [1.807, 2.05) is 0 Å². The SMILES string of the molecule is CC(C)C(C)(C)CC1C(=O)N(c2ccc(C(=O)O)c(C3c4ccc(O)cc4Oc4cc(O)ccc43)c2)C(=O)C1[C@]1(C)CC1C. The Hall–Kier alpha value is -4.33. The molecule has 1 saturated carbocycles. The molecule has 3 aliphatic rings. The highest BCUT2D eigenvalue weighted by Gasteiger charge is 2.64. The Morgan fingerprint density at radius 1 is 0.955 bits per heavy atom. The van der Waals surface area contributed by atoms with Crippen molar-refractivity contribution in [1.82, 2.24) is 0 Å². The number of ether oxygens (including phenoxy) is 1. The molecule has 2 heterocycles. The molecule has 2 amide bonds. The average molecular weight is 598 g/mol. The second-order valence-electron chi connectivity index (χ2n) is 14.1. The lowest BCUT2D eigenvalue weighted by atomic mass is 9.69. The number of phenolic OH excluding ortho intramolecular Hbond substituents is 2. The van der Waals surface area contributed by atoms with Crippen molar-refractivity contribution in [3.63, 3.8) is 0 Å². The zero-order valence-corrected chi connectivity index (χ0v) is 25.9. The van der Waals surface area contributed by atoms with Crippen molar-refractivity contribution < 1.29 is 34.4 Å². The van der Waals surface area contributed by atoms with E-state index in [1.54, 1.807) is 24.3 Å². The van der Waals surface area contributed by atoms with Gasteiger partial charge in [-0.15, -0.1) is 0 Å². The molecule has 8 heteroatoms. The molecule has 2 fully saturated rings. The number of aromatic carboxylic acids is 1. The minimum atomic E-state index is -1.16. The summed E-state index contributed by atoms with van der Waals surface area (Å²) < 4.78 is 6.02. The van der Waals surface area contributed by atoms with Crippen LogP contribution in [0.25, 0.3) is 0 Å². The number of carboxylic acids is 1. The van der Waals surface area contributed by atoms with Gasteiger partial charge in [0.1, 0.15) is 23.0 Å². The number of nitrogens with zero attached hydrogens (tertiary/aromatic N) is 1. The standard InChI is InChI=1S/C36H39NO7/c1-18(2)35(4,5)17-27-31(36(6)16-19(36)3)33(41)37(32(27)40)20-7-10-23(34(42)43)26(13-20)30-24-11-8-21(38)14-28(24)44-29-15-22(39)9-12-25(29)30/h7-15,18-19,27,30-31,38-39H,16-17H2,1-6H3,(H,42,43)/t19?,27?,31?,36-/m1/s1. The molecule has 44 heavy (non-hydrogen) atoms. The second-order valence-corrected chi connectivity index (χ2v) is 14.1. The molecule has 0 spiro atoms. The normalized spacial score (nSPS) is 24.7. The van der Waals surface area contributed by atoms with Gasteiger partial charge in [0.05, 0.1) is 23.1 Å². The number of anilines is 1. The first-order chi connectivity index (χ1) is 20.6. The van der Waals surface area contributed by atoms with Gasteiger partial charge < -0.3 is 20.1 Å². The third-order valence-corrected chi connectivity index (χ3v) is 10.8. The molecule has 2 aliphatic heterocycles. The Bertz CT molecular complexity index is 1660. The first-order valence-corrected chi connectivity index (χ1v) is 15.2. The summed E-state index contributed by atoms with van der Waals surface area (Å²) >= 11 is 0. The number of amides is 2. The minimum absolute atomic E-state index is 0.00890. The molecule has 8 nitrogen and oxygen atoms in total. The van der Waals surface area contributed by atoms with Gasteiger partial charge in [0.15, 0.2) is 0 Å². The quantitative estimate of drug-likeness (QED) is 0.191. The van der Waals surface area contributed by atoms with Crippen molar-refractivity contribution in [1.29, 1.82) is 0 Å². The first-order valence-electron chi connectivity index (χ1n) is 15.2. The van der Waals surface area contributed by atoms with Crippen LogP contribution in [0.4, 0.5) is 5.69 Å². The fraction of sp³-hybridized carbons (Fsp3) is 0.417. The zero-order chi connectivity index (χ0) is 31.9. The van der Waals surface area contributed by atoms with E-state index in [0.717, 1.165) is 6.42 Å². The fourth-order valence-corrected chi connectivity index (χ4v) is 7.21. The van der Waals surface area contributed by atoms with E-state index in [9.17, 15) is 29.7 Å². The van der Waals surface area contributed by atoms with E-state index in [1.165, 1.54) is 35.2 Å². The van der Waals surface area contributed by atoms with Gasteiger partial charge in [-0.25, -0.2) is 4.79 Å². The molecule has 3 unspecified atom stereocenters. The smallest absolute Gasteiger partial charge is 0.335 e. The van der Waals surface area contributed by atoms with Crippen molar-refractivity contribution >= 4 is 23.5 Å². The highest BCUT2D eigenvalue weighted by atomic mass is 16.5. The second kappa shape index (κ2) is 10.1. The number of benzene rings is 3. The highest BCUT2D eigenvalue weighted by molar-refractivity contribution is 6.22. The first kappa shape index (κ1) is 29.7. The van der Waals surface area contributed by atoms with Crippen LogP contribution in [0, 0.1) is 34.5 Å². The number of aromatic hydroxyl groups is 2. The summed E-state index contributed by atoms with van der Waals surface area (Å²) in [4.78, 5) is 42.5. The summed E-state index contributed by atoms with van der Waals surface area (Å²) in [6.07, 6.45) is 1.45. The van der Waals surface area contributed by atoms with Gasteiger partial charge in [-0.3, -0.25) is 14.5 Å². The van der Waals surface area contributed by atoms with Crippen LogP contribution in [0.2, 0.25) is 0 Å². The maximum absolute atomic E-state index is 14.3. The molecular formula is C36H39NO7. The largest absolute Gasteiger partial charge is 0.508 e. The summed E-state index contributed by atoms with van der Waals surface area (Å²) in [5.74, 6) is -2.06. The number of rotatable bonds is 7. The predicted octanol–water partition coefficient (Wildman–Crippen LogP) is 7.31. The Morgan fingerprint density at radius 3 is 2.02 bits per heavy atom. The minimum Gasteiger partial charge on any atom is -0.508 e. The highest BCUT2D eigenvalue weighted by Crippen LogP contribution is 2.63. The number of hydrogen-bond donors (Lipinski definition) is 3. The van der Waals surface area contributed by atoms with Crippen LogP contribution < -0.4 is 9.64 Å². The molecular weight excluding hydrogens is 558 g/mol. The van der Waals surface area contributed by atoms with E-state index < -0.39 is 23.7 Å². The average Bonchev–Trinajstić information content (AvgIpc) is 3.47. The topological polar surface area (TPSA) is 124 Å². The van der Waals surface area contributed by atoms with E-state index in [-0.39, 0.29) is 39.7 Å². The van der Waals surface area contributed by atoms with Crippen LogP contribution in [-0.2, 0) is 9.59 Å².